The molecule has 0 aliphatic carbocycles. The molecule has 7 heteroatoms. The number of benzene rings is 1. The molecule has 0 aliphatic heterocycles. The minimum absolute atomic E-state index is 0.245. The molecule has 0 saturated carbocycles. The predicted molar refractivity (Wildman–Crippen MR) is 65.1 cm³/mol. The van der Waals surface area contributed by atoms with Gasteiger partial charge in [0.15, 0.2) is 6.04 Å². The van der Waals surface area contributed by atoms with Gasteiger partial charge in [-0.25, -0.2) is 4.79 Å². The number of aliphatic hydroxyl groups excluding tert-OH is 1. The molecular weight excluding hydrogens is 313 g/mol. The SMILES string of the molecule is O=C(N[C@@H](CO)C(=O)O)c1ccc(Cl)cc1Br. The van der Waals surface area contributed by atoms with E-state index < -0.39 is 24.5 Å². The van der Waals surface area contributed by atoms with Crippen molar-refractivity contribution in [3.05, 3.63) is 33.3 Å². The van der Waals surface area contributed by atoms with E-state index in [1.807, 2.05) is 0 Å². The Morgan fingerprint density at radius 3 is 2.59 bits per heavy atom. The fourth-order valence-electron chi connectivity index (χ4n) is 1.10. The average Bonchev–Trinajstić information content (AvgIpc) is 2.24. The number of carboxylic acids is 1. The van der Waals surface area contributed by atoms with Crippen molar-refractivity contribution in [3.63, 3.8) is 0 Å². The van der Waals surface area contributed by atoms with Crippen LogP contribution in [-0.4, -0.2) is 34.7 Å². The second kappa shape index (κ2) is 6.00. The first-order chi connectivity index (χ1) is 7.95. The van der Waals surface area contributed by atoms with Crippen LogP contribution in [0.15, 0.2) is 22.7 Å². The first-order valence-corrected chi connectivity index (χ1v) is 5.72. The van der Waals surface area contributed by atoms with Gasteiger partial charge in [0.05, 0.1) is 12.2 Å². The standard InChI is InChI=1S/C10H9BrClNO4/c11-7-3-5(12)1-2-6(7)9(15)13-8(4-14)10(16)17/h1-3,8,14H,4H2,(H,13,15)(H,16,17)/t8-/m0/s1. The van der Waals surface area contributed by atoms with Gasteiger partial charge in [-0.3, -0.25) is 4.79 Å². The fraction of sp³-hybridized carbons (Fsp3) is 0.200. The van der Waals surface area contributed by atoms with Crippen LogP contribution in [0.2, 0.25) is 5.02 Å². The Kier molecular flexibility index (Phi) is 4.92. The van der Waals surface area contributed by atoms with Crippen LogP contribution in [0.1, 0.15) is 10.4 Å². The van der Waals surface area contributed by atoms with Crippen molar-refractivity contribution in [2.75, 3.05) is 6.61 Å². The molecule has 0 unspecified atom stereocenters. The van der Waals surface area contributed by atoms with Gasteiger partial charge in [-0.15, -0.1) is 0 Å². The van der Waals surface area contributed by atoms with Crippen LogP contribution in [0.25, 0.3) is 0 Å². The number of halogens is 2. The molecule has 0 saturated heterocycles. The van der Waals surface area contributed by atoms with Gasteiger partial charge in [-0.2, -0.15) is 0 Å². The highest BCUT2D eigenvalue weighted by molar-refractivity contribution is 9.10. The van der Waals surface area contributed by atoms with Crippen molar-refractivity contribution in [1.82, 2.24) is 5.32 Å². The summed E-state index contributed by atoms with van der Waals surface area (Å²) in [6.45, 7) is -0.674. The largest absolute Gasteiger partial charge is 0.480 e. The summed E-state index contributed by atoms with van der Waals surface area (Å²) in [5.74, 6) is -1.90. The molecule has 0 aromatic heterocycles. The van der Waals surface area contributed by atoms with Crippen LogP contribution in [0.3, 0.4) is 0 Å². The summed E-state index contributed by atoms with van der Waals surface area (Å²) >= 11 is 8.85. The summed E-state index contributed by atoms with van der Waals surface area (Å²) in [5.41, 5.74) is 0.245. The average molecular weight is 323 g/mol. The Hall–Kier alpha value is -1.11. The Morgan fingerprint density at radius 2 is 2.12 bits per heavy atom. The third-order valence-electron chi connectivity index (χ3n) is 1.96. The first kappa shape index (κ1) is 14.0. The molecule has 5 nitrogen and oxygen atoms in total. The number of carbonyl (C=O) groups is 2. The summed E-state index contributed by atoms with van der Waals surface area (Å²) < 4.78 is 0.449. The lowest BCUT2D eigenvalue weighted by molar-refractivity contribution is -0.140. The van der Waals surface area contributed by atoms with Crippen molar-refractivity contribution in [3.8, 4) is 0 Å². The van der Waals surface area contributed by atoms with Gasteiger partial charge in [0.25, 0.3) is 5.91 Å². The molecule has 1 rings (SSSR count). The van der Waals surface area contributed by atoms with Gasteiger partial charge >= 0.3 is 5.97 Å². The van der Waals surface area contributed by atoms with Crippen LogP contribution in [-0.2, 0) is 4.79 Å². The van der Waals surface area contributed by atoms with Gasteiger partial charge in [-0.1, -0.05) is 11.6 Å². The highest BCUT2D eigenvalue weighted by atomic mass is 79.9. The highest BCUT2D eigenvalue weighted by Gasteiger charge is 2.20. The molecule has 0 aliphatic rings. The van der Waals surface area contributed by atoms with Crippen molar-refractivity contribution in [2.24, 2.45) is 0 Å². The monoisotopic (exact) mass is 321 g/mol. The molecule has 1 amide bonds. The Labute approximate surface area is 111 Å². The van der Waals surface area contributed by atoms with Crippen LogP contribution < -0.4 is 5.32 Å². The lowest BCUT2D eigenvalue weighted by Gasteiger charge is -2.12. The van der Waals surface area contributed by atoms with Gasteiger partial charge in [0, 0.05) is 9.50 Å². The molecule has 0 heterocycles. The molecule has 17 heavy (non-hydrogen) atoms. The predicted octanol–water partition coefficient (Wildman–Crippen LogP) is 1.28. The van der Waals surface area contributed by atoms with Crippen molar-refractivity contribution < 1.29 is 19.8 Å². The van der Waals surface area contributed by atoms with E-state index in [4.69, 9.17) is 21.8 Å². The number of aliphatic hydroxyl groups is 1. The third-order valence-corrected chi connectivity index (χ3v) is 2.85. The molecule has 0 spiro atoms. The summed E-state index contributed by atoms with van der Waals surface area (Å²) in [7, 11) is 0. The van der Waals surface area contributed by atoms with Crippen molar-refractivity contribution in [1.29, 1.82) is 0 Å². The zero-order chi connectivity index (χ0) is 13.0. The fourth-order valence-corrected chi connectivity index (χ4v) is 1.96. The molecular formula is C10H9BrClNO4. The van der Waals surface area contributed by atoms with Crippen LogP contribution >= 0.6 is 27.5 Å². The van der Waals surface area contributed by atoms with Crippen LogP contribution in [0.4, 0.5) is 0 Å². The number of hydrogen-bond acceptors (Lipinski definition) is 3. The number of rotatable bonds is 4. The topological polar surface area (TPSA) is 86.6 Å². The summed E-state index contributed by atoms with van der Waals surface area (Å²) in [4.78, 5) is 22.3. The van der Waals surface area contributed by atoms with Crippen LogP contribution in [0, 0.1) is 0 Å². The van der Waals surface area contributed by atoms with E-state index in [0.717, 1.165) is 0 Å². The Morgan fingerprint density at radius 1 is 1.47 bits per heavy atom. The third kappa shape index (κ3) is 3.69. The second-order valence-electron chi connectivity index (χ2n) is 3.17. The lowest BCUT2D eigenvalue weighted by atomic mass is 10.2. The number of carbonyl (C=O) groups excluding carboxylic acids is 1. The Bertz CT molecular complexity index is 452. The van der Waals surface area contributed by atoms with Crippen LogP contribution in [0.5, 0.6) is 0 Å². The van der Waals surface area contributed by atoms with E-state index in [1.54, 1.807) is 0 Å². The second-order valence-corrected chi connectivity index (χ2v) is 4.46. The molecule has 0 bridgehead atoms. The number of carboxylic acid groups (broad SMARTS) is 1. The van der Waals surface area contributed by atoms with Crippen molar-refractivity contribution in [2.45, 2.75) is 6.04 Å². The molecule has 0 radical (unpaired) electrons. The molecule has 1 atom stereocenters. The van der Waals surface area contributed by atoms with E-state index >= 15 is 0 Å². The molecule has 1 aromatic carbocycles. The van der Waals surface area contributed by atoms with Crippen molar-refractivity contribution >= 4 is 39.4 Å². The van der Waals surface area contributed by atoms with E-state index in [0.29, 0.717) is 9.50 Å². The number of hydrogen-bond donors (Lipinski definition) is 3. The molecule has 3 N–H and O–H groups in total. The summed E-state index contributed by atoms with van der Waals surface area (Å²) in [6, 6.07) is 3.16. The summed E-state index contributed by atoms with van der Waals surface area (Å²) in [5, 5.41) is 20.1. The maximum Gasteiger partial charge on any atom is 0.328 e. The smallest absolute Gasteiger partial charge is 0.328 e. The Balaban J connectivity index is 2.86. The van der Waals surface area contributed by atoms with Gasteiger partial charge in [0.2, 0.25) is 0 Å². The minimum atomic E-state index is -1.33. The van der Waals surface area contributed by atoms with E-state index in [1.165, 1.54) is 18.2 Å². The highest BCUT2D eigenvalue weighted by Crippen LogP contribution is 2.21. The quantitative estimate of drug-likeness (QED) is 0.779. The maximum absolute atomic E-state index is 11.7. The number of aliphatic carboxylic acids is 1. The van der Waals surface area contributed by atoms with E-state index in [9.17, 15) is 9.59 Å². The van der Waals surface area contributed by atoms with Gasteiger partial charge in [0.1, 0.15) is 0 Å². The molecule has 0 fully saturated rings. The summed E-state index contributed by atoms with van der Waals surface area (Å²) in [6.07, 6.45) is 0. The lowest BCUT2D eigenvalue weighted by Crippen LogP contribution is -2.43. The minimum Gasteiger partial charge on any atom is -0.480 e. The number of nitrogens with one attached hydrogen (secondary N) is 1. The van der Waals surface area contributed by atoms with E-state index in [-0.39, 0.29) is 5.56 Å². The van der Waals surface area contributed by atoms with Gasteiger partial charge < -0.3 is 15.5 Å². The first-order valence-electron chi connectivity index (χ1n) is 4.55. The number of amides is 1. The maximum atomic E-state index is 11.7. The molecule has 92 valence electrons. The normalized spacial score (nSPS) is 11.9. The van der Waals surface area contributed by atoms with Gasteiger partial charge in [-0.05, 0) is 34.1 Å². The molecule has 1 aromatic rings. The zero-order valence-electron chi connectivity index (χ0n) is 8.48. The zero-order valence-corrected chi connectivity index (χ0v) is 10.8. The van der Waals surface area contributed by atoms with E-state index in [2.05, 4.69) is 21.2 Å².